The molecule has 9 heteroatoms. The van der Waals surface area contributed by atoms with E-state index < -0.39 is 33.8 Å². The molecular weight excluding hydrogens is 540 g/mol. The maximum Gasteiger partial charge on any atom is 0.287 e. The van der Waals surface area contributed by atoms with Crippen LogP contribution in [0.25, 0.3) is 0 Å². The molecule has 244 valence electrons. The molecular formula is C32H64N2O6S. The Hall–Kier alpha value is -1.19. The molecule has 0 aliphatic rings. The normalized spacial score (nSPS) is 12.9. The highest BCUT2D eigenvalue weighted by Gasteiger charge is 2.38. The molecule has 0 bridgehead atoms. The van der Waals surface area contributed by atoms with Crippen LogP contribution in [0.15, 0.2) is 0 Å². The Morgan fingerprint density at radius 3 is 1.32 bits per heavy atom. The average molecular weight is 605 g/mol. The minimum atomic E-state index is -4.15. The molecule has 1 unspecified atom stereocenters. The molecule has 0 aliphatic carbocycles. The Kier molecular flexibility index (Phi) is 23.6. The highest BCUT2D eigenvalue weighted by atomic mass is 32.2. The Morgan fingerprint density at radius 1 is 0.659 bits per heavy atom. The summed E-state index contributed by atoms with van der Waals surface area (Å²) in [5.41, 5.74) is 0. The van der Waals surface area contributed by atoms with Gasteiger partial charge in [0.05, 0.1) is 26.4 Å². The van der Waals surface area contributed by atoms with Crippen LogP contribution in [0.4, 0.5) is 0 Å². The third kappa shape index (κ3) is 22.1. The van der Waals surface area contributed by atoms with E-state index >= 15 is 0 Å². The van der Waals surface area contributed by atoms with Crippen molar-refractivity contribution in [1.82, 2.24) is 4.90 Å². The van der Waals surface area contributed by atoms with Crippen molar-refractivity contribution in [1.29, 1.82) is 0 Å². The topological polar surface area (TPSA) is 115 Å². The highest BCUT2D eigenvalue weighted by Crippen LogP contribution is 2.16. The predicted octanol–water partition coefficient (Wildman–Crippen LogP) is 6.13. The number of carbonyl (C=O) groups excluding carboxylic acids is 2. The average Bonchev–Trinajstić information content (AvgIpc) is 2.88. The SMILES string of the molecule is CCCCCCCCCCCCN(CCCCCCCCCCCC)C(=O)C(C(=O)[O-])[N+](C)(C)CCCS(=O)(=O)O. The molecule has 0 aromatic carbocycles. The van der Waals surface area contributed by atoms with Gasteiger partial charge in [0, 0.05) is 19.5 Å². The fourth-order valence-corrected chi connectivity index (χ4v) is 6.05. The van der Waals surface area contributed by atoms with Gasteiger partial charge in [-0.05, 0) is 12.8 Å². The third-order valence-corrected chi connectivity index (χ3v) is 8.97. The first-order valence-corrected chi connectivity index (χ1v) is 18.3. The van der Waals surface area contributed by atoms with E-state index in [4.69, 9.17) is 4.55 Å². The van der Waals surface area contributed by atoms with Gasteiger partial charge in [-0.1, -0.05) is 129 Å². The number of carboxylic acid groups (broad SMARTS) is 1. The van der Waals surface area contributed by atoms with Gasteiger partial charge >= 0.3 is 0 Å². The molecule has 1 N–H and O–H groups in total. The zero-order valence-corrected chi connectivity index (χ0v) is 27.9. The number of likely N-dealkylation sites (N-methyl/N-ethyl adjacent to an activating group) is 1. The van der Waals surface area contributed by atoms with Gasteiger partial charge in [0.1, 0.15) is 5.97 Å². The van der Waals surface area contributed by atoms with Crippen LogP contribution < -0.4 is 5.11 Å². The number of unbranched alkanes of at least 4 members (excludes halogenated alkanes) is 18. The molecule has 1 amide bonds. The van der Waals surface area contributed by atoms with E-state index in [0.717, 1.165) is 38.5 Å². The molecule has 0 rings (SSSR count). The van der Waals surface area contributed by atoms with Crippen molar-refractivity contribution in [3.8, 4) is 0 Å². The van der Waals surface area contributed by atoms with E-state index in [-0.39, 0.29) is 17.4 Å². The number of carboxylic acids is 1. The minimum absolute atomic E-state index is 0.0553. The van der Waals surface area contributed by atoms with E-state index in [2.05, 4.69) is 13.8 Å². The van der Waals surface area contributed by atoms with Crippen molar-refractivity contribution in [2.75, 3.05) is 39.5 Å². The third-order valence-electron chi connectivity index (χ3n) is 8.17. The Labute approximate surface area is 253 Å². The molecule has 0 spiro atoms. The molecule has 0 radical (unpaired) electrons. The molecule has 41 heavy (non-hydrogen) atoms. The molecule has 0 heterocycles. The zero-order valence-electron chi connectivity index (χ0n) is 27.0. The number of rotatable bonds is 29. The van der Waals surface area contributed by atoms with E-state index in [9.17, 15) is 23.1 Å². The fourth-order valence-electron chi connectivity index (χ4n) is 5.55. The highest BCUT2D eigenvalue weighted by molar-refractivity contribution is 7.85. The van der Waals surface area contributed by atoms with Crippen LogP contribution in [0.5, 0.6) is 0 Å². The minimum Gasteiger partial charge on any atom is -0.543 e. The summed E-state index contributed by atoms with van der Waals surface area (Å²) in [4.78, 5) is 27.5. The number of hydrogen-bond acceptors (Lipinski definition) is 5. The molecule has 0 fully saturated rings. The first-order chi connectivity index (χ1) is 19.5. The van der Waals surface area contributed by atoms with Gasteiger partial charge in [-0.3, -0.25) is 9.35 Å². The van der Waals surface area contributed by atoms with E-state index in [0.29, 0.717) is 13.1 Å². The zero-order chi connectivity index (χ0) is 31.0. The summed E-state index contributed by atoms with van der Waals surface area (Å²) in [5.74, 6) is -2.36. The van der Waals surface area contributed by atoms with Gasteiger partial charge in [0.25, 0.3) is 16.0 Å². The number of nitrogens with zero attached hydrogens (tertiary/aromatic N) is 2. The maximum atomic E-state index is 13.6. The number of amides is 1. The van der Waals surface area contributed by atoms with Crippen molar-refractivity contribution in [2.24, 2.45) is 0 Å². The number of hydrogen-bond donors (Lipinski definition) is 1. The van der Waals surface area contributed by atoms with Crippen molar-refractivity contribution in [3.05, 3.63) is 0 Å². The smallest absolute Gasteiger partial charge is 0.287 e. The second kappa shape index (κ2) is 24.3. The van der Waals surface area contributed by atoms with Gasteiger partial charge < -0.3 is 19.3 Å². The Bertz CT molecular complexity index is 748. The molecule has 0 saturated carbocycles. The van der Waals surface area contributed by atoms with Crippen molar-refractivity contribution >= 4 is 22.0 Å². The van der Waals surface area contributed by atoms with Crippen LogP contribution in [0.3, 0.4) is 0 Å². The second-order valence-corrected chi connectivity index (χ2v) is 14.1. The molecule has 0 aromatic rings. The maximum absolute atomic E-state index is 13.6. The number of quaternary nitrogens is 1. The summed E-state index contributed by atoms with van der Waals surface area (Å²) in [6.45, 7) is 5.63. The summed E-state index contributed by atoms with van der Waals surface area (Å²) < 4.78 is 31.1. The van der Waals surface area contributed by atoms with Crippen LogP contribution in [-0.2, 0) is 19.7 Å². The molecule has 1 atom stereocenters. The van der Waals surface area contributed by atoms with Crippen molar-refractivity contribution < 1.29 is 32.1 Å². The summed E-state index contributed by atoms with van der Waals surface area (Å²) in [6, 6.07) is -1.41. The van der Waals surface area contributed by atoms with Crippen LogP contribution in [0.1, 0.15) is 149 Å². The van der Waals surface area contributed by atoms with Crippen LogP contribution in [0, 0.1) is 0 Å². The van der Waals surface area contributed by atoms with E-state index in [1.54, 1.807) is 19.0 Å². The predicted molar refractivity (Wildman–Crippen MR) is 167 cm³/mol. The summed E-state index contributed by atoms with van der Waals surface area (Å²) in [5, 5.41) is 12.2. The lowest BCUT2D eigenvalue weighted by Crippen LogP contribution is -2.64. The van der Waals surface area contributed by atoms with Gasteiger partial charge in [-0.15, -0.1) is 0 Å². The van der Waals surface area contributed by atoms with Crippen LogP contribution in [0.2, 0.25) is 0 Å². The summed E-state index contributed by atoms with van der Waals surface area (Å²) >= 11 is 0. The van der Waals surface area contributed by atoms with Gasteiger partial charge in [-0.25, -0.2) is 0 Å². The van der Waals surface area contributed by atoms with Crippen molar-refractivity contribution in [2.45, 2.75) is 155 Å². The quantitative estimate of drug-likeness (QED) is 0.0475. The van der Waals surface area contributed by atoms with Gasteiger partial charge in [-0.2, -0.15) is 8.42 Å². The summed E-state index contributed by atoms with van der Waals surface area (Å²) in [7, 11) is -0.928. The largest absolute Gasteiger partial charge is 0.543 e. The van der Waals surface area contributed by atoms with Crippen LogP contribution in [-0.4, -0.2) is 79.8 Å². The lowest BCUT2D eigenvalue weighted by Gasteiger charge is -2.40. The molecule has 0 aliphatic heterocycles. The standard InChI is InChI=1S/C32H64N2O6S/c1-5-7-9-11-13-15-17-19-21-23-26-33(27-24-22-20-18-16-14-12-10-8-6-2)31(35)30(32(36)37)34(3,4)28-25-29-41(38,39)40/h30H,5-29H2,1-4H3,(H-,36,37,38,39,40). The first kappa shape index (κ1) is 39.8. The molecule has 0 saturated heterocycles. The lowest BCUT2D eigenvalue weighted by molar-refractivity contribution is -0.900. The monoisotopic (exact) mass is 604 g/mol. The molecule has 0 aromatic heterocycles. The van der Waals surface area contributed by atoms with E-state index in [1.165, 1.54) is 89.9 Å². The Balaban J connectivity index is 4.92. The first-order valence-electron chi connectivity index (χ1n) is 16.7. The summed E-state index contributed by atoms with van der Waals surface area (Å²) in [6.07, 6.45) is 23.8. The van der Waals surface area contributed by atoms with Crippen molar-refractivity contribution in [3.63, 3.8) is 0 Å². The van der Waals surface area contributed by atoms with Crippen LogP contribution >= 0.6 is 0 Å². The number of aliphatic carboxylic acids is 1. The lowest BCUT2D eigenvalue weighted by atomic mass is 10.1. The number of carbonyl (C=O) groups is 2. The molecule has 8 nitrogen and oxygen atoms in total. The van der Waals surface area contributed by atoms with Gasteiger partial charge in [0.15, 0.2) is 0 Å². The van der Waals surface area contributed by atoms with Gasteiger partial charge in [0.2, 0.25) is 6.04 Å². The Morgan fingerprint density at radius 2 is 1.00 bits per heavy atom. The second-order valence-electron chi connectivity index (χ2n) is 12.6. The fraction of sp³-hybridized carbons (Fsp3) is 0.938. The van der Waals surface area contributed by atoms with E-state index in [1.807, 2.05) is 0 Å².